The van der Waals surface area contributed by atoms with E-state index in [9.17, 15) is 13.2 Å². The third kappa shape index (κ3) is 2.03. The maximum Gasteiger partial charge on any atom is 0.416 e. The first-order chi connectivity index (χ1) is 9.47. The lowest BCUT2D eigenvalue weighted by Crippen LogP contribution is -2.04. The summed E-state index contributed by atoms with van der Waals surface area (Å²) in [5, 5.41) is 0. The molecule has 2 heterocycles. The molecule has 0 aliphatic heterocycles. The highest BCUT2D eigenvalue weighted by atomic mass is 19.4. The highest BCUT2D eigenvalue weighted by molar-refractivity contribution is 5.81. The Morgan fingerprint density at radius 2 is 1.75 bits per heavy atom. The van der Waals surface area contributed by atoms with Gasteiger partial charge < -0.3 is 4.57 Å². The van der Waals surface area contributed by atoms with Crippen molar-refractivity contribution >= 4 is 11.0 Å². The van der Waals surface area contributed by atoms with Gasteiger partial charge in [-0.2, -0.15) is 13.2 Å². The molecule has 20 heavy (non-hydrogen) atoms. The van der Waals surface area contributed by atoms with E-state index in [0.29, 0.717) is 16.9 Å². The molecule has 0 aliphatic rings. The van der Waals surface area contributed by atoms with Crippen LogP contribution >= 0.6 is 0 Å². The van der Waals surface area contributed by atoms with Crippen molar-refractivity contribution in [1.82, 2.24) is 14.5 Å². The Morgan fingerprint density at radius 1 is 1.05 bits per heavy atom. The van der Waals surface area contributed by atoms with E-state index in [-0.39, 0.29) is 0 Å². The molecule has 0 aliphatic carbocycles. The number of aromatic nitrogens is 3. The Kier molecular flexibility index (Phi) is 2.74. The van der Waals surface area contributed by atoms with E-state index in [2.05, 4.69) is 9.97 Å². The van der Waals surface area contributed by atoms with Crippen LogP contribution in [0.5, 0.6) is 0 Å². The fraction of sp³-hybridized carbons (Fsp3) is 0.143. The molecular weight excluding hydrogens is 267 g/mol. The van der Waals surface area contributed by atoms with Crippen LogP contribution in [0.2, 0.25) is 0 Å². The molecule has 3 nitrogen and oxygen atoms in total. The SMILES string of the molecule is Cn1c(-c2ccncc2)nc2ccc(C(F)(F)F)cc21. The molecule has 0 bridgehead atoms. The largest absolute Gasteiger partial charge is 0.416 e. The summed E-state index contributed by atoms with van der Waals surface area (Å²) in [4.78, 5) is 8.29. The van der Waals surface area contributed by atoms with Crippen molar-refractivity contribution in [3.63, 3.8) is 0 Å². The third-order valence-corrected chi connectivity index (χ3v) is 3.15. The summed E-state index contributed by atoms with van der Waals surface area (Å²) in [6, 6.07) is 7.10. The van der Waals surface area contributed by atoms with Crippen LogP contribution in [0.15, 0.2) is 42.7 Å². The molecular formula is C14H10F3N3. The fourth-order valence-electron chi connectivity index (χ4n) is 2.13. The number of hydrogen-bond acceptors (Lipinski definition) is 2. The van der Waals surface area contributed by atoms with Crippen LogP contribution in [-0.2, 0) is 13.2 Å². The number of rotatable bonds is 1. The summed E-state index contributed by atoms with van der Waals surface area (Å²) < 4.78 is 39.9. The van der Waals surface area contributed by atoms with Crippen LogP contribution in [0, 0.1) is 0 Å². The molecule has 0 atom stereocenters. The van der Waals surface area contributed by atoms with Crippen molar-refractivity contribution in [3.05, 3.63) is 48.3 Å². The Balaban J connectivity index is 2.21. The van der Waals surface area contributed by atoms with Crippen molar-refractivity contribution in [2.75, 3.05) is 0 Å². The van der Waals surface area contributed by atoms with Crippen LogP contribution in [0.4, 0.5) is 13.2 Å². The fourth-order valence-corrected chi connectivity index (χ4v) is 2.13. The van der Waals surface area contributed by atoms with Gasteiger partial charge in [0.15, 0.2) is 0 Å². The molecule has 1 aromatic carbocycles. The van der Waals surface area contributed by atoms with E-state index >= 15 is 0 Å². The summed E-state index contributed by atoms with van der Waals surface area (Å²) in [7, 11) is 1.70. The van der Waals surface area contributed by atoms with Gasteiger partial charge >= 0.3 is 6.18 Å². The highest BCUT2D eigenvalue weighted by Gasteiger charge is 2.31. The Bertz CT molecular complexity index is 760. The molecule has 0 amide bonds. The molecule has 0 fully saturated rings. The van der Waals surface area contributed by atoms with Gasteiger partial charge in [-0.05, 0) is 30.3 Å². The molecule has 0 unspecified atom stereocenters. The summed E-state index contributed by atoms with van der Waals surface area (Å²) in [5.41, 5.74) is 1.13. The molecule has 6 heteroatoms. The third-order valence-electron chi connectivity index (χ3n) is 3.15. The average Bonchev–Trinajstić information content (AvgIpc) is 2.76. The molecule has 0 saturated heterocycles. The van der Waals surface area contributed by atoms with Gasteiger partial charge in [0, 0.05) is 25.0 Å². The van der Waals surface area contributed by atoms with E-state index in [4.69, 9.17) is 0 Å². The van der Waals surface area contributed by atoms with Crippen LogP contribution in [0.1, 0.15) is 5.56 Å². The van der Waals surface area contributed by atoms with E-state index in [0.717, 1.165) is 17.7 Å². The van der Waals surface area contributed by atoms with Gasteiger partial charge in [0.25, 0.3) is 0 Å². The lowest BCUT2D eigenvalue weighted by atomic mass is 10.2. The van der Waals surface area contributed by atoms with Crippen LogP contribution in [0.25, 0.3) is 22.4 Å². The maximum atomic E-state index is 12.7. The number of alkyl halides is 3. The van der Waals surface area contributed by atoms with Gasteiger partial charge in [0.1, 0.15) is 5.82 Å². The Hall–Kier alpha value is -2.37. The average molecular weight is 277 g/mol. The zero-order chi connectivity index (χ0) is 14.3. The van der Waals surface area contributed by atoms with Crippen molar-refractivity contribution in [3.8, 4) is 11.4 Å². The van der Waals surface area contributed by atoms with E-state index < -0.39 is 11.7 Å². The van der Waals surface area contributed by atoms with Crippen molar-refractivity contribution in [1.29, 1.82) is 0 Å². The van der Waals surface area contributed by atoms with E-state index in [1.807, 2.05) is 0 Å². The van der Waals surface area contributed by atoms with Crippen LogP contribution in [0.3, 0.4) is 0 Å². The molecule has 0 spiro atoms. The van der Waals surface area contributed by atoms with Crippen LogP contribution in [-0.4, -0.2) is 14.5 Å². The second-order valence-corrected chi connectivity index (χ2v) is 4.43. The number of pyridine rings is 1. The smallest absolute Gasteiger partial charge is 0.327 e. The Morgan fingerprint density at radius 3 is 2.40 bits per heavy atom. The van der Waals surface area contributed by atoms with Crippen LogP contribution < -0.4 is 0 Å². The summed E-state index contributed by atoms with van der Waals surface area (Å²) in [6.45, 7) is 0. The standard InChI is InChI=1S/C14H10F3N3/c1-20-12-8-10(14(15,16)17)2-3-11(12)19-13(20)9-4-6-18-7-5-9/h2-8H,1H3. The predicted octanol–water partition coefficient (Wildman–Crippen LogP) is 3.65. The molecule has 102 valence electrons. The molecule has 3 rings (SSSR count). The van der Waals surface area contributed by atoms with Gasteiger partial charge in [-0.15, -0.1) is 0 Å². The first-order valence-corrected chi connectivity index (χ1v) is 5.91. The zero-order valence-corrected chi connectivity index (χ0v) is 10.5. The monoisotopic (exact) mass is 277 g/mol. The van der Waals surface area contributed by atoms with Gasteiger partial charge in [-0.1, -0.05) is 0 Å². The maximum absolute atomic E-state index is 12.7. The molecule has 2 aromatic heterocycles. The number of aryl methyl sites for hydroxylation is 1. The summed E-state index contributed by atoms with van der Waals surface area (Å²) >= 11 is 0. The number of halogens is 3. The molecule has 0 saturated carbocycles. The quantitative estimate of drug-likeness (QED) is 0.679. The van der Waals surface area contributed by atoms with Crippen molar-refractivity contribution in [2.45, 2.75) is 6.18 Å². The minimum atomic E-state index is -4.35. The topological polar surface area (TPSA) is 30.7 Å². The minimum Gasteiger partial charge on any atom is -0.327 e. The lowest BCUT2D eigenvalue weighted by molar-refractivity contribution is -0.137. The van der Waals surface area contributed by atoms with Crippen molar-refractivity contribution < 1.29 is 13.2 Å². The van der Waals surface area contributed by atoms with E-state index in [1.54, 1.807) is 36.1 Å². The first-order valence-electron chi connectivity index (χ1n) is 5.91. The van der Waals surface area contributed by atoms with Gasteiger partial charge in [-0.3, -0.25) is 4.98 Å². The molecule has 0 radical (unpaired) electrons. The minimum absolute atomic E-state index is 0.451. The summed E-state index contributed by atoms with van der Waals surface area (Å²) in [5.74, 6) is 0.613. The number of benzene rings is 1. The lowest BCUT2D eigenvalue weighted by Gasteiger charge is -2.06. The Labute approximate surface area is 112 Å². The zero-order valence-electron chi connectivity index (χ0n) is 10.5. The number of fused-ring (bicyclic) bond motifs is 1. The predicted molar refractivity (Wildman–Crippen MR) is 68.9 cm³/mol. The summed E-state index contributed by atoms with van der Waals surface area (Å²) in [6.07, 6.45) is -1.11. The first kappa shape index (κ1) is 12.7. The second-order valence-electron chi connectivity index (χ2n) is 4.43. The normalized spacial score (nSPS) is 12.0. The van der Waals surface area contributed by atoms with E-state index in [1.165, 1.54) is 6.07 Å². The van der Waals surface area contributed by atoms with Gasteiger partial charge in [0.05, 0.1) is 16.6 Å². The number of hydrogen-bond donors (Lipinski definition) is 0. The van der Waals surface area contributed by atoms with Crippen molar-refractivity contribution in [2.24, 2.45) is 7.05 Å². The molecule has 3 aromatic rings. The van der Waals surface area contributed by atoms with Gasteiger partial charge in [-0.25, -0.2) is 4.98 Å². The molecule has 0 N–H and O–H groups in total. The number of imidazole rings is 1. The van der Waals surface area contributed by atoms with Gasteiger partial charge in [0.2, 0.25) is 0 Å². The number of nitrogens with zero attached hydrogens (tertiary/aromatic N) is 3. The second kappa shape index (κ2) is 4.33. The highest BCUT2D eigenvalue weighted by Crippen LogP contribution is 2.32.